The Morgan fingerprint density at radius 1 is 1.17 bits per heavy atom. The van der Waals surface area contributed by atoms with Crippen molar-refractivity contribution in [3.8, 4) is 17.1 Å². The Hall–Kier alpha value is -3.12. The topological polar surface area (TPSA) is 67.6 Å². The van der Waals surface area contributed by atoms with Crippen LogP contribution < -0.4 is 0 Å². The molecule has 2 aliphatic heterocycles. The maximum atomic E-state index is 13.2. The van der Waals surface area contributed by atoms with Gasteiger partial charge in [0.05, 0.1) is 17.7 Å². The maximum absolute atomic E-state index is 13.2. The number of amides is 1. The minimum Gasteiger partial charge on any atom is -0.508 e. The number of rotatable bonds is 4. The first-order chi connectivity index (χ1) is 14.4. The highest BCUT2D eigenvalue weighted by Gasteiger charge is 2.46. The van der Waals surface area contributed by atoms with Gasteiger partial charge < -0.3 is 19.3 Å². The summed E-state index contributed by atoms with van der Waals surface area (Å²) in [5.74, 6) is 1.20. The summed E-state index contributed by atoms with van der Waals surface area (Å²) in [7, 11) is 0. The zero-order valence-electron chi connectivity index (χ0n) is 17.2. The van der Waals surface area contributed by atoms with E-state index in [1.807, 2.05) is 49.2 Å². The lowest BCUT2D eigenvalue weighted by molar-refractivity contribution is -0.135. The van der Waals surface area contributed by atoms with Crippen molar-refractivity contribution in [2.45, 2.75) is 37.8 Å². The monoisotopic (exact) mass is 403 g/mol. The molecule has 30 heavy (non-hydrogen) atoms. The van der Waals surface area contributed by atoms with Gasteiger partial charge in [-0.3, -0.25) is 4.79 Å². The Balaban J connectivity index is 1.59. The Morgan fingerprint density at radius 2 is 1.93 bits per heavy atom. The van der Waals surface area contributed by atoms with E-state index in [4.69, 9.17) is 4.74 Å². The van der Waals surface area contributed by atoms with Gasteiger partial charge in [-0.25, -0.2) is 4.98 Å². The van der Waals surface area contributed by atoms with Gasteiger partial charge >= 0.3 is 0 Å². The van der Waals surface area contributed by atoms with Gasteiger partial charge in [-0.1, -0.05) is 36.4 Å². The number of ether oxygens (including phenoxy) is 1. The van der Waals surface area contributed by atoms with Crippen molar-refractivity contribution >= 4 is 5.91 Å². The number of phenols is 1. The highest BCUT2D eigenvalue weighted by Crippen LogP contribution is 2.49. The molecule has 154 valence electrons. The molecule has 6 nitrogen and oxygen atoms in total. The molecular formula is C24H25N3O3. The second-order valence-corrected chi connectivity index (χ2v) is 8.69. The molecule has 5 rings (SSSR count). The zero-order valence-corrected chi connectivity index (χ0v) is 17.2. The van der Waals surface area contributed by atoms with E-state index in [1.54, 1.807) is 18.3 Å². The molecular weight excluding hydrogens is 378 g/mol. The summed E-state index contributed by atoms with van der Waals surface area (Å²) in [6.45, 7) is 4.96. The molecule has 0 aliphatic carbocycles. The van der Waals surface area contributed by atoms with E-state index in [0.29, 0.717) is 26.2 Å². The van der Waals surface area contributed by atoms with Crippen molar-refractivity contribution in [1.82, 2.24) is 14.5 Å². The van der Waals surface area contributed by atoms with Crippen LogP contribution in [0.2, 0.25) is 0 Å². The number of aromatic hydroxyl groups is 1. The summed E-state index contributed by atoms with van der Waals surface area (Å²) in [5, 5.41) is 9.86. The predicted octanol–water partition coefficient (Wildman–Crippen LogP) is 3.74. The summed E-state index contributed by atoms with van der Waals surface area (Å²) in [6.07, 6.45) is 4.75. The van der Waals surface area contributed by atoms with Crippen LogP contribution in [0, 0.1) is 0 Å². The first-order valence-electron chi connectivity index (χ1n) is 10.2. The normalized spacial score (nSPS) is 21.5. The summed E-state index contributed by atoms with van der Waals surface area (Å²) >= 11 is 0. The summed E-state index contributed by atoms with van der Waals surface area (Å²) < 4.78 is 7.72. The molecule has 1 unspecified atom stereocenters. The lowest BCUT2D eigenvalue weighted by Crippen LogP contribution is -2.45. The van der Waals surface area contributed by atoms with Gasteiger partial charge in [0.15, 0.2) is 0 Å². The Bertz CT molecular complexity index is 1100. The van der Waals surface area contributed by atoms with E-state index in [-0.39, 0.29) is 17.2 Å². The second-order valence-electron chi connectivity index (χ2n) is 8.69. The van der Waals surface area contributed by atoms with Crippen LogP contribution in [0.4, 0.5) is 0 Å². The number of aromatic nitrogens is 2. The lowest BCUT2D eigenvalue weighted by Gasteiger charge is -2.35. The van der Waals surface area contributed by atoms with Crippen molar-refractivity contribution < 1.29 is 14.6 Å². The van der Waals surface area contributed by atoms with Gasteiger partial charge in [0.25, 0.3) is 0 Å². The molecule has 1 atom stereocenters. The number of imidazole rings is 1. The number of carbonyl (C=O) groups excluding carboxylic acids is 1. The van der Waals surface area contributed by atoms with E-state index in [2.05, 4.69) is 21.7 Å². The first-order valence-corrected chi connectivity index (χ1v) is 10.2. The molecule has 1 N–H and O–H groups in total. The Labute approximate surface area is 175 Å². The fourth-order valence-electron chi connectivity index (χ4n) is 4.88. The number of fused-ring (bicyclic) bond motifs is 3. The van der Waals surface area contributed by atoms with Crippen molar-refractivity contribution in [3.05, 3.63) is 72.1 Å². The molecule has 3 aromatic rings. The fraction of sp³-hybridized carbons (Fsp3) is 0.333. The van der Waals surface area contributed by atoms with Gasteiger partial charge in [0.2, 0.25) is 5.91 Å². The van der Waals surface area contributed by atoms with Crippen LogP contribution in [-0.4, -0.2) is 44.3 Å². The average molecular weight is 403 g/mol. The molecule has 0 bridgehead atoms. The van der Waals surface area contributed by atoms with E-state index in [9.17, 15) is 9.90 Å². The molecule has 2 aliphatic rings. The van der Waals surface area contributed by atoms with Crippen LogP contribution >= 0.6 is 0 Å². The first kappa shape index (κ1) is 18.9. The summed E-state index contributed by atoms with van der Waals surface area (Å²) in [5.41, 5.74) is 2.37. The smallest absolute Gasteiger partial charge is 0.225 e. The number of hydrogen-bond acceptors (Lipinski definition) is 4. The van der Waals surface area contributed by atoms with E-state index >= 15 is 0 Å². The SMILES string of the molecule is CC1(C)COCN1C(=O)CCC1(c2ccc(O)cc2)c2ccccc2-c2nccn21. The number of benzene rings is 2. The average Bonchev–Trinajstić information content (AvgIpc) is 3.41. The van der Waals surface area contributed by atoms with Crippen LogP contribution in [0.1, 0.15) is 37.8 Å². The molecule has 6 heteroatoms. The largest absolute Gasteiger partial charge is 0.508 e. The van der Waals surface area contributed by atoms with Gasteiger partial charge in [-0.15, -0.1) is 0 Å². The molecule has 3 heterocycles. The second kappa shape index (κ2) is 6.71. The van der Waals surface area contributed by atoms with Crippen LogP contribution in [-0.2, 0) is 15.1 Å². The van der Waals surface area contributed by atoms with E-state index < -0.39 is 5.54 Å². The third-order valence-electron chi connectivity index (χ3n) is 6.42. The highest BCUT2D eigenvalue weighted by molar-refractivity contribution is 5.78. The quantitative estimate of drug-likeness (QED) is 0.721. The van der Waals surface area contributed by atoms with Gasteiger partial charge in [0.1, 0.15) is 18.3 Å². The molecule has 1 amide bonds. The zero-order chi connectivity index (χ0) is 20.9. The fourth-order valence-corrected chi connectivity index (χ4v) is 4.88. The Kier molecular flexibility index (Phi) is 4.22. The molecule has 0 saturated carbocycles. The number of hydrogen-bond donors (Lipinski definition) is 1. The number of carbonyl (C=O) groups is 1. The maximum Gasteiger partial charge on any atom is 0.225 e. The van der Waals surface area contributed by atoms with E-state index in [0.717, 1.165) is 22.5 Å². The summed E-state index contributed by atoms with van der Waals surface area (Å²) in [6, 6.07) is 15.5. The van der Waals surface area contributed by atoms with Crippen LogP contribution in [0.5, 0.6) is 5.75 Å². The van der Waals surface area contributed by atoms with Crippen LogP contribution in [0.25, 0.3) is 11.4 Å². The minimum atomic E-state index is -0.559. The number of nitrogens with zero attached hydrogens (tertiary/aromatic N) is 3. The minimum absolute atomic E-state index is 0.0849. The molecule has 2 aromatic carbocycles. The third-order valence-corrected chi connectivity index (χ3v) is 6.42. The van der Waals surface area contributed by atoms with Crippen LogP contribution in [0.15, 0.2) is 60.9 Å². The highest BCUT2D eigenvalue weighted by atomic mass is 16.5. The van der Waals surface area contributed by atoms with Crippen molar-refractivity contribution in [1.29, 1.82) is 0 Å². The van der Waals surface area contributed by atoms with Gasteiger partial charge in [-0.2, -0.15) is 0 Å². The predicted molar refractivity (Wildman–Crippen MR) is 113 cm³/mol. The molecule has 0 spiro atoms. The van der Waals surface area contributed by atoms with Crippen molar-refractivity contribution in [2.75, 3.05) is 13.3 Å². The van der Waals surface area contributed by atoms with Crippen LogP contribution in [0.3, 0.4) is 0 Å². The third kappa shape index (κ3) is 2.67. The molecule has 1 fully saturated rings. The van der Waals surface area contributed by atoms with Gasteiger partial charge in [0, 0.05) is 24.4 Å². The van der Waals surface area contributed by atoms with Crippen molar-refractivity contribution in [3.63, 3.8) is 0 Å². The summed E-state index contributed by atoms with van der Waals surface area (Å²) in [4.78, 5) is 19.6. The van der Waals surface area contributed by atoms with Crippen molar-refractivity contribution in [2.24, 2.45) is 0 Å². The Morgan fingerprint density at radius 3 is 2.67 bits per heavy atom. The number of phenolic OH excluding ortho intramolecular Hbond substituents is 1. The molecule has 1 saturated heterocycles. The molecule has 0 radical (unpaired) electrons. The molecule has 1 aromatic heterocycles. The van der Waals surface area contributed by atoms with E-state index in [1.165, 1.54) is 0 Å². The van der Waals surface area contributed by atoms with Gasteiger partial charge in [-0.05, 0) is 43.5 Å². The lowest BCUT2D eigenvalue weighted by atomic mass is 9.79. The standard InChI is InChI=1S/C24H25N3O3/c1-23(2)15-30-16-27(23)21(29)11-12-24(17-7-9-18(28)10-8-17)20-6-4-3-5-19(20)22-25-13-14-26(22)24/h3-10,13-14,28H,11-12,15-16H2,1-2H3.